The summed E-state index contributed by atoms with van der Waals surface area (Å²) in [5, 5.41) is 0. The first-order chi connectivity index (χ1) is 7.25. The maximum absolute atomic E-state index is 6.11. The molecule has 1 saturated carbocycles. The van der Waals surface area contributed by atoms with Crippen molar-refractivity contribution in [3.63, 3.8) is 0 Å². The smallest absolute Gasteiger partial charge is 0.0506 e. The normalized spacial score (nSPS) is 29.4. The molecule has 3 heteroatoms. The van der Waals surface area contributed by atoms with Gasteiger partial charge >= 0.3 is 0 Å². The summed E-state index contributed by atoms with van der Waals surface area (Å²) in [4.78, 5) is 2.39. The Kier molecular flexibility index (Phi) is 4.00. The van der Waals surface area contributed by atoms with Crippen molar-refractivity contribution in [3.05, 3.63) is 0 Å². The van der Waals surface area contributed by atoms with Crippen LogP contribution in [0, 0.1) is 11.8 Å². The molecule has 0 spiro atoms. The Morgan fingerprint density at radius 3 is 2.80 bits per heavy atom. The Hall–Kier alpha value is -0.120. The number of nitrogens with two attached hydrogens (primary N) is 1. The first kappa shape index (κ1) is 11.4. The molecule has 2 rings (SSSR count). The van der Waals surface area contributed by atoms with Crippen LogP contribution >= 0.6 is 0 Å². The number of hydrogen-bond acceptors (Lipinski definition) is 3. The van der Waals surface area contributed by atoms with E-state index in [1.165, 1.54) is 25.7 Å². The molecule has 2 atom stereocenters. The van der Waals surface area contributed by atoms with Crippen LogP contribution in [0.25, 0.3) is 0 Å². The van der Waals surface area contributed by atoms with E-state index in [4.69, 9.17) is 10.5 Å². The molecule has 2 N–H and O–H groups in total. The molecular weight excluding hydrogens is 188 g/mol. The van der Waals surface area contributed by atoms with Crippen LogP contribution in [0.5, 0.6) is 0 Å². The van der Waals surface area contributed by atoms with Gasteiger partial charge in [0.15, 0.2) is 0 Å². The van der Waals surface area contributed by atoms with E-state index in [-0.39, 0.29) is 0 Å². The molecule has 0 aromatic rings. The fourth-order valence-corrected chi connectivity index (χ4v) is 2.50. The molecule has 2 fully saturated rings. The number of ether oxygens (including phenoxy) is 1. The van der Waals surface area contributed by atoms with Crippen molar-refractivity contribution in [2.24, 2.45) is 17.6 Å². The van der Waals surface area contributed by atoms with Gasteiger partial charge < -0.3 is 15.4 Å². The Morgan fingerprint density at radius 1 is 1.40 bits per heavy atom. The molecule has 0 radical (unpaired) electrons. The third-order valence-corrected chi connectivity index (χ3v) is 3.57. The topological polar surface area (TPSA) is 38.5 Å². The highest BCUT2D eigenvalue weighted by Gasteiger charge is 2.29. The summed E-state index contributed by atoms with van der Waals surface area (Å²) in [6, 6.07) is 0.402. The van der Waals surface area contributed by atoms with Gasteiger partial charge in [-0.1, -0.05) is 0 Å². The van der Waals surface area contributed by atoms with E-state index in [1.54, 1.807) is 0 Å². The van der Waals surface area contributed by atoms with Crippen LogP contribution in [0.1, 0.15) is 25.7 Å². The van der Waals surface area contributed by atoms with Gasteiger partial charge in [-0.2, -0.15) is 0 Å². The van der Waals surface area contributed by atoms with Crippen molar-refractivity contribution in [2.75, 3.05) is 33.4 Å². The number of likely N-dealkylation sites (N-methyl/N-ethyl adjacent to an activating group) is 1. The Morgan fingerprint density at radius 2 is 2.20 bits per heavy atom. The van der Waals surface area contributed by atoms with Crippen molar-refractivity contribution in [1.82, 2.24) is 4.90 Å². The summed E-state index contributed by atoms with van der Waals surface area (Å²) in [6.07, 6.45) is 5.25. The van der Waals surface area contributed by atoms with Crippen molar-refractivity contribution in [3.8, 4) is 0 Å². The molecule has 3 nitrogen and oxygen atoms in total. The van der Waals surface area contributed by atoms with E-state index in [1.807, 2.05) is 0 Å². The van der Waals surface area contributed by atoms with Crippen LogP contribution in [0.3, 0.4) is 0 Å². The largest absolute Gasteiger partial charge is 0.381 e. The van der Waals surface area contributed by atoms with Crippen LogP contribution < -0.4 is 5.73 Å². The summed E-state index contributed by atoms with van der Waals surface area (Å²) in [5.74, 6) is 1.55. The highest BCUT2D eigenvalue weighted by Crippen LogP contribution is 2.31. The third-order valence-electron chi connectivity index (χ3n) is 3.57. The van der Waals surface area contributed by atoms with Crippen LogP contribution in [0.2, 0.25) is 0 Å². The van der Waals surface area contributed by atoms with E-state index >= 15 is 0 Å². The van der Waals surface area contributed by atoms with Crippen molar-refractivity contribution < 1.29 is 4.74 Å². The van der Waals surface area contributed by atoms with Crippen molar-refractivity contribution >= 4 is 0 Å². The molecule has 0 aromatic heterocycles. The summed E-state index contributed by atoms with van der Waals surface area (Å²) in [5.41, 5.74) is 6.11. The molecule has 2 unspecified atom stereocenters. The summed E-state index contributed by atoms with van der Waals surface area (Å²) in [7, 11) is 2.19. The highest BCUT2D eigenvalue weighted by molar-refractivity contribution is 4.85. The SMILES string of the molecule is CN(CC1CCCOC1)CC(N)C1CC1. The standard InChI is InChI=1S/C12H24N2O/c1-14(8-12(13)11-4-5-11)7-10-3-2-6-15-9-10/h10-12H,2-9,13H2,1H3. The summed E-state index contributed by atoms with van der Waals surface area (Å²) >= 11 is 0. The average Bonchev–Trinajstić information content (AvgIpc) is 3.01. The van der Waals surface area contributed by atoms with Gasteiger partial charge in [0.2, 0.25) is 0 Å². The molecule has 15 heavy (non-hydrogen) atoms. The zero-order valence-corrected chi connectivity index (χ0v) is 9.82. The molecule has 2 aliphatic rings. The van der Waals surface area contributed by atoms with Gasteiger partial charge in [-0.15, -0.1) is 0 Å². The lowest BCUT2D eigenvalue weighted by atomic mass is 10.0. The first-order valence-electron chi connectivity index (χ1n) is 6.27. The molecule has 0 aromatic carbocycles. The van der Waals surface area contributed by atoms with Gasteiger partial charge in [0.05, 0.1) is 6.61 Å². The predicted octanol–water partition coefficient (Wildman–Crippen LogP) is 1.08. The van der Waals surface area contributed by atoms with E-state index in [0.29, 0.717) is 6.04 Å². The lowest BCUT2D eigenvalue weighted by Crippen LogP contribution is -2.40. The summed E-state index contributed by atoms with van der Waals surface area (Å²) in [6.45, 7) is 4.12. The number of hydrogen-bond donors (Lipinski definition) is 1. The Bertz CT molecular complexity index is 188. The van der Waals surface area contributed by atoms with Gasteiger partial charge in [0.1, 0.15) is 0 Å². The van der Waals surface area contributed by atoms with Crippen LogP contribution in [0.15, 0.2) is 0 Å². The monoisotopic (exact) mass is 212 g/mol. The maximum Gasteiger partial charge on any atom is 0.0506 e. The highest BCUT2D eigenvalue weighted by atomic mass is 16.5. The summed E-state index contributed by atoms with van der Waals surface area (Å²) < 4.78 is 5.49. The Balaban J connectivity index is 1.63. The minimum Gasteiger partial charge on any atom is -0.381 e. The Labute approximate surface area is 93.0 Å². The fourth-order valence-electron chi connectivity index (χ4n) is 2.50. The fraction of sp³-hybridized carbons (Fsp3) is 1.00. The van der Waals surface area contributed by atoms with Crippen molar-refractivity contribution in [1.29, 1.82) is 0 Å². The molecule has 0 bridgehead atoms. The minimum atomic E-state index is 0.402. The molecule has 1 aliphatic carbocycles. The van der Waals surface area contributed by atoms with E-state index in [9.17, 15) is 0 Å². The third kappa shape index (κ3) is 3.74. The van der Waals surface area contributed by atoms with E-state index in [0.717, 1.165) is 38.1 Å². The molecule has 1 aliphatic heterocycles. The van der Waals surface area contributed by atoms with Gasteiger partial charge in [-0.3, -0.25) is 0 Å². The molecular formula is C12H24N2O. The second-order valence-corrected chi connectivity index (χ2v) is 5.31. The quantitative estimate of drug-likeness (QED) is 0.741. The zero-order chi connectivity index (χ0) is 10.7. The van der Waals surface area contributed by atoms with Crippen LogP contribution in [-0.4, -0.2) is 44.3 Å². The second-order valence-electron chi connectivity index (χ2n) is 5.31. The van der Waals surface area contributed by atoms with E-state index in [2.05, 4.69) is 11.9 Å². The molecule has 88 valence electrons. The lowest BCUT2D eigenvalue weighted by molar-refractivity contribution is 0.0412. The van der Waals surface area contributed by atoms with Gasteiger partial charge in [0.25, 0.3) is 0 Å². The zero-order valence-electron chi connectivity index (χ0n) is 9.82. The van der Waals surface area contributed by atoms with Gasteiger partial charge in [0, 0.05) is 25.7 Å². The number of nitrogens with zero attached hydrogens (tertiary/aromatic N) is 1. The maximum atomic E-state index is 6.11. The van der Waals surface area contributed by atoms with Crippen LogP contribution in [-0.2, 0) is 4.74 Å². The van der Waals surface area contributed by atoms with Crippen LogP contribution in [0.4, 0.5) is 0 Å². The molecule has 0 amide bonds. The average molecular weight is 212 g/mol. The molecule has 1 saturated heterocycles. The van der Waals surface area contributed by atoms with E-state index < -0.39 is 0 Å². The lowest BCUT2D eigenvalue weighted by Gasteiger charge is -2.28. The number of rotatable bonds is 5. The first-order valence-corrected chi connectivity index (χ1v) is 6.27. The second kappa shape index (κ2) is 5.28. The van der Waals surface area contributed by atoms with Gasteiger partial charge in [-0.25, -0.2) is 0 Å². The van der Waals surface area contributed by atoms with Gasteiger partial charge in [-0.05, 0) is 44.6 Å². The predicted molar refractivity (Wildman–Crippen MR) is 61.7 cm³/mol. The molecule has 1 heterocycles. The van der Waals surface area contributed by atoms with Crippen molar-refractivity contribution in [2.45, 2.75) is 31.7 Å². The minimum absolute atomic E-state index is 0.402.